The number of phenols is 1. The molecule has 1 aromatic rings. The lowest BCUT2D eigenvalue weighted by molar-refractivity contribution is 0.428. The largest absolute Gasteiger partial charge is 0.507 e. The van der Waals surface area contributed by atoms with Crippen LogP contribution in [0.15, 0.2) is 18.2 Å². The van der Waals surface area contributed by atoms with Crippen molar-refractivity contribution in [2.45, 2.75) is 52.1 Å². The average molecular weight is 233 g/mol. The molecule has 2 rings (SSSR count). The Morgan fingerprint density at radius 1 is 1.41 bits per heavy atom. The van der Waals surface area contributed by atoms with Crippen molar-refractivity contribution in [2.24, 2.45) is 5.92 Å². The van der Waals surface area contributed by atoms with Gasteiger partial charge in [0.2, 0.25) is 0 Å². The van der Waals surface area contributed by atoms with E-state index < -0.39 is 0 Å². The first-order chi connectivity index (χ1) is 8.20. The van der Waals surface area contributed by atoms with E-state index in [2.05, 4.69) is 12.2 Å². The van der Waals surface area contributed by atoms with E-state index in [-0.39, 0.29) is 0 Å². The fraction of sp³-hybridized carbons (Fsp3) is 0.600. The molecule has 0 heterocycles. The molecule has 0 bridgehead atoms. The lowest BCUT2D eigenvalue weighted by atomic mass is 10.1. The molecule has 94 valence electrons. The van der Waals surface area contributed by atoms with Gasteiger partial charge in [0.05, 0.1) is 0 Å². The molecule has 1 saturated carbocycles. The second kappa shape index (κ2) is 5.54. The molecule has 0 aliphatic heterocycles. The molecule has 17 heavy (non-hydrogen) atoms. The summed E-state index contributed by atoms with van der Waals surface area (Å²) in [6.07, 6.45) is 5.29. The minimum atomic E-state index is 0.446. The Morgan fingerprint density at radius 2 is 2.18 bits per heavy atom. The number of rotatable bonds is 6. The number of phenolic OH excluding ortho intramolecular Hbond substituents is 1. The predicted molar refractivity (Wildman–Crippen MR) is 71.1 cm³/mol. The number of para-hydroxylation sites is 1. The summed E-state index contributed by atoms with van der Waals surface area (Å²) in [5.74, 6) is 1.40. The number of aryl methyl sites for hydroxylation is 1. The first-order valence-corrected chi connectivity index (χ1v) is 6.71. The van der Waals surface area contributed by atoms with E-state index in [1.807, 2.05) is 25.1 Å². The summed E-state index contributed by atoms with van der Waals surface area (Å²) in [4.78, 5) is 0. The lowest BCUT2D eigenvalue weighted by Gasteiger charge is -2.17. The second-order valence-electron chi connectivity index (χ2n) is 5.25. The van der Waals surface area contributed by atoms with Crippen molar-refractivity contribution in [2.75, 3.05) is 0 Å². The van der Waals surface area contributed by atoms with Gasteiger partial charge in [-0.05, 0) is 31.2 Å². The molecule has 1 aliphatic rings. The number of benzene rings is 1. The molecule has 1 fully saturated rings. The number of hydrogen-bond acceptors (Lipinski definition) is 2. The van der Waals surface area contributed by atoms with Crippen molar-refractivity contribution in [1.29, 1.82) is 0 Å². The van der Waals surface area contributed by atoms with E-state index in [9.17, 15) is 5.11 Å². The van der Waals surface area contributed by atoms with Crippen LogP contribution in [-0.2, 0) is 6.54 Å². The molecule has 2 nitrogen and oxygen atoms in total. The van der Waals surface area contributed by atoms with Gasteiger partial charge in [-0.3, -0.25) is 0 Å². The monoisotopic (exact) mass is 233 g/mol. The van der Waals surface area contributed by atoms with Crippen LogP contribution in [0.5, 0.6) is 5.75 Å². The minimum Gasteiger partial charge on any atom is -0.507 e. The van der Waals surface area contributed by atoms with Crippen molar-refractivity contribution in [3.63, 3.8) is 0 Å². The van der Waals surface area contributed by atoms with E-state index in [4.69, 9.17) is 0 Å². The number of aromatic hydroxyl groups is 1. The highest BCUT2D eigenvalue weighted by molar-refractivity contribution is 5.39. The number of hydrogen-bond donors (Lipinski definition) is 2. The molecular weight excluding hydrogens is 210 g/mol. The Kier molecular flexibility index (Phi) is 4.06. The Bertz CT molecular complexity index is 371. The van der Waals surface area contributed by atoms with Gasteiger partial charge < -0.3 is 10.4 Å². The molecule has 0 spiro atoms. The topological polar surface area (TPSA) is 32.3 Å². The van der Waals surface area contributed by atoms with Crippen LogP contribution < -0.4 is 5.32 Å². The van der Waals surface area contributed by atoms with Gasteiger partial charge in [-0.2, -0.15) is 0 Å². The van der Waals surface area contributed by atoms with Crippen LogP contribution >= 0.6 is 0 Å². The summed E-state index contributed by atoms with van der Waals surface area (Å²) < 4.78 is 0. The molecule has 1 aromatic carbocycles. The fourth-order valence-electron chi connectivity index (χ4n) is 2.27. The normalized spacial score (nSPS) is 17.1. The first kappa shape index (κ1) is 12.4. The van der Waals surface area contributed by atoms with Crippen LogP contribution in [0.3, 0.4) is 0 Å². The third-order valence-electron chi connectivity index (χ3n) is 3.71. The Labute approximate surface area is 104 Å². The molecule has 0 radical (unpaired) electrons. The summed E-state index contributed by atoms with van der Waals surface area (Å²) in [5.41, 5.74) is 1.97. The van der Waals surface area contributed by atoms with Crippen LogP contribution in [-0.4, -0.2) is 11.1 Å². The van der Waals surface area contributed by atoms with Crippen LogP contribution in [0.4, 0.5) is 0 Å². The third kappa shape index (κ3) is 3.47. The third-order valence-corrected chi connectivity index (χ3v) is 3.71. The van der Waals surface area contributed by atoms with Crippen LogP contribution in [0.25, 0.3) is 0 Å². The molecule has 1 aliphatic carbocycles. The molecule has 0 saturated heterocycles. The van der Waals surface area contributed by atoms with Gasteiger partial charge >= 0.3 is 0 Å². The van der Waals surface area contributed by atoms with Crippen molar-refractivity contribution in [3.8, 4) is 5.75 Å². The molecule has 0 amide bonds. The van der Waals surface area contributed by atoms with Gasteiger partial charge in [-0.25, -0.2) is 0 Å². The lowest BCUT2D eigenvalue weighted by Crippen LogP contribution is -2.28. The van der Waals surface area contributed by atoms with Crippen molar-refractivity contribution < 1.29 is 5.11 Å². The summed E-state index contributed by atoms with van der Waals surface area (Å²) in [5, 5.41) is 13.5. The van der Waals surface area contributed by atoms with Crippen LogP contribution in [0, 0.1) is 12.8 Å². The highest BCUT2D eigenvalue weighted by atomic mass is 16.3. The maximum atomic E-state index is 9.94. The van der Waals surface area contributed by atoms with Gasteiger partial charge in [-0.1, -0.05) is 38.0 Å². The quantitative estimate of drug-likeness (QED) is 0.789. The van der Waals surface area contributed by atoms with Gasteiger partial charge in [-0.15, -0.1) is 0 Å². The molecule has 2 heteroatoms. The Morgan fingerprint density at radius 3 is 2.82 bits per heavy atom. The Hall–Kier alpha value is -1.02. The molecule has 0 aromatic heterocycles. The predicted octanol–water partition coefficient (Wildman–Crippen LogP) is 3.37. The van der Waals surface area contributed by atoms with Crippen molar-refractivity contribution in [1.82, 2.24) is 5.32 Å². The average Bonchev–Trinajstić information content (AvgIpc) is 3.13. The molecular formula is C15H23NO. The van der Waals surface area contributed by atoms with E-state index in [0.29, 0.717) is 11.8 Å². The van der Waals surface area contributed by atoms with E-state index >= 15 is 0 Å². The van der Waals surface area contributed by atoms with Crippen LogP contribution in [0.1, 0.15) is 43.7 Å². The summed E-state index contributed by atoms with van der Waals surface area (Å²) in [7, 11) is 0. The first-order valence-electron chi connectivity index (χ1n) is 6.71. The smallest absolute Gasteiger partial charge is 0.122 e. The van der Waals surface area contributed by atoms with Crippen molar-refractivity contribution in [3.05, 3.63) is 29.3 Å². The standard InChI is InChI=1S/C15H23NO/c1-3-14(9-12-7-8-12)16-10-13-6-4-5-11(2)15(13)17/h4-6,12,14,16-17H,3,7-10H2,1-2H3. The molecule has 1 atom stereocenters. The Balaban J connectivity index is 1.88. The maximum Gasteiger partial charge on any atom is 0.122 e. The van der Waals surface area contributed by atoms with Crippen LogP contribution in [0.2, 0.25) is 0 Å². The van der Waals surface area contributed by atoms with Gasteiger partial charge in [0.15, 0.2) is 0 Å². The molecule has 1 unspecified atom stereocenters. The van der Waals surface area contributed by atoms with Gasteiger partial charge in [0.1, 0.15) is 5.75 Å². The summed E-state index contributed by atoms with van der Waals surface area (Å²) in [6.45, 7) is 4.95. The number of nitrogens with one attached hydrogen (secondary N) is 1. The fourth-order valence-corrected chi connectivity index (χ4v) is 2.27. The van der Waals surface area contributed by atoms with E-state index in [1.165, 1.54) is 25.7 Å². The highest BCUT2D eigenvalue weighted by Gasteiger charge is 2.24. The maximum absolute atomic E-state index is 9.94. The molecule has 2 N–H and O–H groups in total. The van der Waals surface area contributed by atoms with E-state index in [1.54, 1.807) is 0 Å². The van der Waals surface area contributed by atoms with E-state index in [0.717, 1.165) is 23.6 Å². The van der Waals surface area contributed by atoms with Crippen molar-refractivity contribution >= 4 is 0 Å². The zero-order valence-electron chi connectivity index (χ0n) is 10.9. The summed E-state index contributed by atoms with van der Waals surface area (Å²) in [6, 6.07) is 6.55. The SMILES string of the molecule is CCC(CC1CC1)NCc1cccc(C)c1O. The van der Waals surface area contributed by atoms with Gasteiger partial charge in [0.25, 0.3) is 0 Å². The summed E-state index contributed by atoms with van der Waals surface area (Å²) >= 11 is 0. The minimum absolute atomic E-state index is 0.446. The zero-order valence-corrected chi connectivity index (χ0v) is 10.9. The highest BCUT2D eigenvalue weighted by Crippen LogP contribution is 2.34. The van der Waals surface area contributed by atoms with Gasteiger partial charge in [0, 0.05) is 18.2 Å². The zero-order chi connectivity index (χ0) is 12.3. The second-order valence-corrected chi connectivity index (χ2v) is 5.25.